The van der Waals surface area contributed by atoms with Crippen molar-refractivity contribution in [2.45, 2.75) is 26.4 Å². The summed E-state index contributed by atoms with van der Waals surface area (Å²) in [6, 6.07) is 17.8. The number of aromatic nitrogens is 3. The van der Waals surface area contributed by atoms with E-state index < -0.39 is 0 Å². The highest BCUT2D eigenvalue weighted by Gasteiger charge is 2.07. The third kappa shape index (κ3) is 5.85. The molecular formula is C25H27FN6O. The zero-order chi connectivity index (χ0) is 23.0. The third-order valence-electron chi connectivity index (χ3n) is 5.22. The van der Waals surface area contributed by atoms with Crippen LogP contribution in [0, 0.1) is 12.7 Å². The molecule has 0 unspecified atom stereocenters. The molecule has 0 aliphatic heterocycles. The highest BCUT2D eigenvalue weighted by atomic mass is 19.1. The van der Waals surface area contributed by atoms with Gasteiger partial charge in [0.15, 0.2) is 5.96 Å². The van der Waals surface area contributed by atoms with Crippen molar-refractivity contribution >= 4 is 17.0 Å². The third-order valence-corrected chi connectivity index (χ3v) is 5.22. The molecule has 0 fully saturated rings. The molecule has 0 amide bonds. The summed E-state index contributed by atoms with van der Waals surface area (Å²) in [5, 5.41) is 6.66. The predicted molar refractivity (Wildman–Crippen MR) is 128 cm³/mol. The maximum absolute atomic E-state index is 13.1. The Hall–Kier alpha value is -3.94. The summed E-state index contributed by atoms with van der Waals surface area (Å²) in [4.78, 5) is 13.1. The summed E-state index contributed by atoms with van der Waals surface area (Å²) in [5.41, 5.74) is 3.18. The number of halogens is 1. The van der Waals surface area contributed by atoms with Crippen LogP contribution in [-0.4, -0.2) is 34.1 Å². The summed E-state index contributed by atoms with van der Waals surface area (Å²) >= 11 is 0. The van der Waals surface area contributed by atoms with Crippen LogP contribution in [-0.2, 0) is 13.1 Å². The Bertz CT molecular complexity index is 1240. The lowest BCUT2D eigenvalue weighted by Gasteiger charge is -2.13. The van der Waals surface area contributed by atoms with Crippen LogP contribution >= 0.6 is 0 Å². The van der Waals surface area contributed by atoms with Crippen molar-refractivity contribution in [3.05, 3.63) is 84.1 Å². The van der Waals surface area contributed by atoms with Crippen molar-refractivity contribution < 1.29 is 9.13 Å². The van der Waals surface area contributed by atoms with Gasteiger partial charge in [-0.1, -0.05) is 12.1 Å². The second-order valence-electron chi connectivity index (χ2n) is 7.56. The van der Waals surface area contributed by atoms with E-state index in [1.807, 2.05) is 37.3 Å². The molecule has 0 saturated heterocycles. The Morgan fingerprint density at radius 1 is 1.09 bits per heavy atom. The fourth-order valence-corrected chi connectivity index (χ4v) is 3.57. The molecule has 2 aromatic heterocycles. The molecule has 4 rings (SSSR count). The molecule has 0 radical (unpaired) electrons. The van der Waals surface area contributed by atoms with Crippen molar-refractivity contribution in [1.82, 2.24) is 25.2 Å². The van der Waals surface area contributed by atoms with Gasteiger partial charge in [-0.25, -0.2) is 14.4 Å². The predicted octanol–water partition coefficient (Wildman–Crippen LogP) is 4.43. The molecule has 2 N–H and O–H groups in total. The van der Waals surface area contributed by atoms with E-state index in [0.717, 1.165) is 47.9 Å². The van der Waals surface area contributed by atoms with Gasteiger partial charge in [0.1, 0.15) is 17.4 Å². The van der Waals surface area contributed by atoms with Gasteiger partial charge in [-0.2, -0.15) is 0 Å². The average Bonchev–Trinajstić information content (AvgIpc) is 3.15. The van der Waals surface area contributed by atoms with Crippen LogP contribution in [0.15, 0.2) is 71.9 Å². The van der Waals surface area contributed by atoms with Gasteiger partial charge in [-0.15, -0.1) is 0 Å². The number of ether oxygens (including phenoxy) is 1. The number of guanidine groups is 1. The molecule has 0 aliphatic carbocycles. The fourth-order valence-electron chi connectivity index (χ4n) is 3.57. The van der Waals surface area contributed by atoms with Crippen LogP contribution in [0.4, 0.5) is 4.39 Å². The van der Waals surface area contributed by atoms with Crippen molar-refractivity contribution in [3.63, 3.8) is 0 Å². The summed E-state index contributed by atoms with van der Waals surface area (Å²) in [5.74, 6) is 2.43. The maximum atomic E-state index is 13.1. The maximum Gasteiger partial charge on any atom is 0.219 e. The number of hydrogen-bond donors (Lipinski definition) is 2. The van der Waals surface area contributed by atoms with E-state index in [2.05, 4.69) is 36.2 Å². The van der Waals surface area contributed by atoms with Gasteiger partial charge in [0.05, 0.1) is 11.0 Å². The molecule has 7 nitrogen and oxygen atoms in total. The largest absolute Gasteiger partial charge is 0.439 e. The minimum Gasteiger partial charge on any atom is -0.439 e. The number of para-hydroxylation sites is 2. The van der Waals surface area contributed by atoms with Crippen molar-refractivity contribution in [2.24, 2.45) is 4.99 Å². The molecule has 0 atom stereocenters. The average molecular weight is 447 g/mol. The lowest BCUT2D eigenvalue weighted by atomic mass is 10.2. The van der Waals surface area contributed by atoms with Crippen LogP contribution < -0.4 is 15.4 Å². The fraction of sp³-hybridized carbons (Fsp3) is 0.240. The zero-order valence-electron chi connectivity index (χ0n) is 18.8. The first kappa shape index (κ1) is 22.3. The minimum absolute atomic E-state index is 0.305. The Morgan fingerprint density at radius 2 is 1.91 bits per heavy atom. The summed E-state index contributed by atoms with van der Waals surface area (Å²) in [7, 11) is 1.75. The Labute approximate surface area is 192 Å². The minimum atomic E-state index is -0.305. The van der Waals surface area contributed by atoms with E-state index in [9.17, 15) is 4.39 Å². The molecule has 0 bridgehead atoms. The van der Waals surface area contributed by atoms with E-state index in [0.29, 0.717) is 18.2 Å². The van der Waals surface area contributed by atoms with Crippen molar-refractivity contribution in [2.75, 3.05) is 13.6 Å². The summed E-state index contributed by atoms with van der Waals surface area (Å²) in [6.07, 6.45) is 2.62. The first-order valence-electron chi connectivity index (χ1n) is 10.9. The van der Waals surface area contributed by atoms with Gasteiger partial charge in [0.2, 0.25) is 5.88 Å². The summed E-state index contributed by atoms with van der Waals surface area (Å²) < 4.78 is 21.0. The van der Waals surface area contributed by atoms with Crippen LogP contribution in [0.3, 0.4) is 0 Å². The highest BCUT2D eigenvalue weighted by molar-refractivity contribution is 5.79. The number of imidazole rings is 1. The van der Waals surface area contributed by atoms with Crippen molar-refractivity contribution in [1.29, 1.82) is 0 Å². The lowest BCUT2D eigenvalue weighted by Crippen LogP contribution is -2.37. The Balaban J connectivity index is 1.25. The van der Waals surface area contributed by atoms with E-state index in [4.69, 9.17) is 4.74 Å². The number of benzene rings is 2. The van der Waals surface area contributed by atoms with E-state index in [-0.39, 0.29) is 5.82 Å². The van der Waals surface area contributed by atoms with Gasteiger partial charge in [-0.3, -0.25) is 4.99 Å². The smallest absolute Gasteiger partial charge is 0.219 e. The normalized spacial score (nSPS) is 11.5. The number of nitrogens with zero attached hydrogens (tertiary/aromatic N) is 4. The van der Waals surface area contributed by atoms with Gasteiger partial charge in [0, 0.05) is 38.9 Å². The SMILES string of the molecule is CN=C(NCCCn1c(C)nc2ccccc21)NCc1ccnc(Oc2ccc(F)cc2)c1. The molecule has 170 valence electrons. The Morgan fingerprint density at radius 3 is 2.73 bits per heavy atom. The van der Waals surface area contributed by atoms with Crippen LogP contribution in [0.1, 0.15) is 17.8 Å². The topological polar surface area (TPSA) is 76.4 Å². The number of rotatable bonds is 8. The standard InChI is InChI=1S/C25H27FN6O/c1-18-31-22-6-3-4-7-23(22)32(18)15-5-13-29-25(27-2)30-17-19-12-14-28-24(16-19)33-21-10-8-20(26)9-11-21/h3-4,6-12,14,16H,5,13,15,17H2,1-2H3,(H2,27,29,30). The quantitative estimate of drug-likeness (QED) is 0.238. The van der Waals surface area contributed by atoms with Gasteiger partial charge in [0.25, 0.3) is 0 Å². The lowest BCUT2D eigenvalue weighted by molar-refractivity contribution is 0.460. The van der Waals surface area contributed by atoms with Gasteiger partial charge >= 0.3 is 0 Å². The molecule has 0 saturated carbocycles. The van der Waals surface area contributed by atoms with Crippen LogP contribution in [0.2, 0.25) is 0 Å². The molecular weight excluding hydrogens is 419 g/mol. The first-order valence-corrected chi connectivity index (χ1v) is 10.9. The molecule has 0 aliphatic rings. The van der Waals surface area contributed by atoms with E-state index in [1.165, 1.54) is 12.1 Å². The van der Waals surface area contributed by atoms with Gasteiger partial charge < -0.3 is 19.9 Å². The molecule has 2 aromatic carbocycles. The number of nitrogens with one attached hydrogen (secondary N) is 2. The molecule has 8 heteroatoms. The molecule has 33 heavy (non-hydrogen) atoms. The Kier molecular flexibility index (Phi) is 7.14. The number of fused-ring (bicyclic) bond motifs is 1. The van der Waals surface area contributed by atoms with Crippen molar-refractivity contribution in [3.8, 4) is 11.6 Å². The van der Waals surface area contributed by atoms with Crippen LogP contribution in [0.5, 0.6) is 11.6 Å². The number of pyridine rings is 1. The highest BCUT2D eigenvalue weighted by Crippen LogP contribution is 2.20. The number of hydrogen-bond acceptors (Lipinski definition) is 4. The van der Waals surface area contributed by atoms with Crippen LogP contribution in [0.25, 0.3) is 11.0 Å². The zero-order valence-corrected chi connectivity index (χ0v) is 18.8. The monoisotopic (exact) mass is 446 g/mol. The summed E-state index contributed by atoms with van der Waals surface area (Å²) in [6.45, 7) is 4.26. The number of aliphatic imine (C=N–C) groups is 1. The first-order chi connectivity index (χ1) is 16.1. The molecule has 4 aromatic rings. The van der Waals surface area contributed by atoms with E-state index >= 15 is 0 Å². The van der Waals surface area contributed by atoms with E-state index in [1.54, 1.807) is 25.4 Å². The second kappa shape index (κ2) is 10.6. The molecule has 0 spiro atoms. The number of aryl methyl sites for hydroxylation is 2. The molecule has 2 heterocycles. The van der Waals surface area contributed by atoms with Gasteiger partial charge in [-0.05, 0) is 61.4 Å². The second-order valence-corrected chi connectivity index (χ2v) is 7.56.